The lowest BCUT2D eigenvalue weighted by Gasteiger charge is -2.24. The molecule has 33 heavy (non-hydrogen) atoms. The summed E-state index contributed by atoms with van der Waals surface area (Å²) in [6.45, 7) is 0.595. The van der Waals surface area contributed by atoms with Crippen LogP contribution in [0.25, 0.3) is 0 Å². The van der Waals surface area contributed by atoms with E-state index in [1.54, 1.807) is 0 Å². The lowest BCUT2D eigenvalue weighted by molar-refractivity contribution is -0.144. The van der Waals surface area contributed by atoms with Crippen molar-refractivity contribution in [2.24, 2.45) is 11.5 Å². The fraction of sp³-hybridized carbons (Fsp3) is 0.611. The first-order valence-corrected chi connectivity index (χ1v) is 10.1. The van der Waals surface area contributed by atoms with E-state index in [1.165, 1.54) is 0 Å². The summed E-state index contributed by atoms with van der Waals surface area (Å²) in [5.74, 6) is -7.48. The summed E-state index contributed by atoms with van der Waals surface area (Å²) in [4.78, 5) is 82.2. The van der Waals surface area contributed by atoms with Gasteiger partial charge in [0.15, 0.2) is 0 Å². The van der Waals surface area contributed by atoms with Crippen molar-refractivity contribution >= 4 is 41.5 Å². The zero-order valence-electron chi connectivity index (χ0n) is 17.7. The van der Waals surface area contributed by atoms with Crippen molar-refractivity contribution in [1.82, 2.24) is 21.3 Å². The molecular formula is C18H28N6O9. The molecule has 1 aliphatic heterocycles. The van der Waals surface area contributed by atoms with Crippen molar-refractivity contribution in [1.29, 1.82) is 0 Å². The van der Waals surface area contributed by atoms with E-state index in [-0.39, 0.29) is 0 Å². The Morgan fingerprint density at radius 3 is 1.88 bits per heavy atom. The topological polar surface area (TPSA) is 260 Å². The molecule has 4 atom stereocenters. The first kappa shape index (κ1) is 27.3. The summed E-state index contributed by atoms with van der Waals surface area (Å²) >= 11 is 0. The van der Waals surface area contributed by atoms with Gasteiger partial charge in [-0.1, -0.05) is 0 Å². The molecule has 5 amide bonds. The average molecular weight is 472 g/mol. The first-order chi connectivity index (χ1) is 15.4. The number of primary amides is 2. The maximum absolute atomic E-state index is 12.7. The van der Waals surface area contributed by atoms with Gasteiger partial charge in [0.05, 0.1) is 18.9 Å². The van der Waals surface area contributed by atoms with Crippen LogP contribution in [0.4, 0.5) is 0 Å². The average Bonchev–Trinajstić information content (AvgIpc) is 3.23. The van der Waals surface area contributed by atoms with Crippen LogP contribution in [-0.2, 0) is 33.6 Å². The molecule has 10 N–H and O–H groups in total. The Balaban J connectivity index is 2.97. The molecular weight excluding hydrogens is 444 g/mol. The molecule has 4 unspecified atom stereocenters. The summed E-state index contributed by atoms with van der Waals surface area (Å²) in [7, 11) is 0. The van der Waals surface area contributed by atoms with Crippen molar-refractivity contribution in [3.05, 3.63) is 0 Å². The number of nitrogens with two attached hydrogens (primary N) is 2. The molecule has 1 aliphatic rings. The quantitative estimate of drug-likeness (QED) is 0.121. The molecule has 184 valence electrons. The normalized spacial score (nSPS) is 17.8. The lowest BCUT2D eigenvalue weighted by atomic mass is 10.1. The van der Waals surface area contributed by atoms with E-state index >= 15 is 0 Å². The van der Waals surface area contributed by atoms with Crippen LogP contribution in [0.15, 0.2) is 0 Å². The summed E-state index contributed by atoms with van der Waals surface area (Å²) in [5.41, 5.74) is 10.1. The van der Waals surface area contributed by atoms with Gasteiger partial charge in [-0.25, -0.2) is 4.79 Å². The van der Waals surface area contributed by atoms with Gasteiger partial charge in [0, 0.05) is 6.42 Å². The Labute approximate surface area is 188 Å². The highest BCUT2D eigenvalue weighted by Crippen LogP contribution is 2.07. The lowest BCUT2D eigenvalue weighted by Crippen LogP contribution is -2.58. The third-order valence-electron chi connectivity index (χ3n) is 4.71. The fourth-order valence-electron chi connectivity index (χ4n) is 3.07. The number of nitrogens with one attached hydrogen (secondary N) is 4. The third kappa shape index (κ3) is 9.94. The highest BCUT2D eigenvalue weighted by atomic mass is 16.4. The van der Waals surface area contributed by atoms with Crippen LogP contribution < -0.4 is 32.7 Å². The van der Waals surface area contributed by atoms with Crippen LogP contribution in [0.5, 0.6) is 0 Å². The number of aliphatic carboxylic acids is 2. The van der Waals surface area contributed by atoms with E-state index in [2.05, 4.69) is 16.0 Å². The molecule has 0 bridgehead atoms. The molecule has 0 aliphatic carbocycles. The van der Waals surface area contributed by atoms with Crippen LogP contribution >= 0.6 is 0 Å². The number of hydrogen-bond donors (Lipinski definition) is 8. The van der Waals surface area contributed by atoms with Crippen LogP contribution in [0.2, 0.25) is 0 Å². The summed E-state index contributed by atoms with van der Waals surface area (Å²) in [6, 6.07) is -5.31. The molecule has 1 rings (SSSR count). The SMILES string of the molecule is NC(=O)CC(NC(=O)C(CCC(=O)O)NC(=O)C(CC(N)=O)NC(=O)C1CCCN1)C(=O)O. The maximum atomic E-state index is 12.7. The van der Waals surface area contributed by atoms with Gasteiger partial charge in [-0.15, -0.1) is 0 Å². The van der Waals surface area contributed by atoms with Gasteiger partial charge in [-0.2, -0.15) is 0 Å². The van der Waals surface area contributed by atoms with E-state index in [9.17, 15) is 33.6 Å². The zero-order valence-corrected chi connectivity index (χ0v) is 17.7. The van der Waals surface area contributed by atoms with Gasteiger partial charge in [0.1, 0.15) is 18.1 Å². The molecule has 1 heterocycles. The Hall–Kier alpha value is -3.75. The Morgan fingerprint density at radius 1 is 0.848 bits per heavy atom. The molecule has 0 aromatic rings. The molecule has 0 aromatic heterocycles. The number of carboxylic acids is 2. The summed E-state index contributed by atoms with van der Waals surface area (Å²) in [6.07, 6.45) is -1.12. The highest BCUT2D eigenvalue weighted by molar-refractivity contribution is 5.96. The molecule has 0 saturated carbocycles. The fourth-order valence-corrected chi connectivity index (χ4v) is 3.07. The summed E-state index contributed by atoms with van der Waals surface area (Å²) in [5, 5.41) is 27.5. The van der Waals surface area contributed by atoms with Gasteiger partial charge in [-0.3, -0.25) is 28.8 Å². The van der Waals surface area contributed by atoms with Crippen molar-refractivity contribution in [3.63, 3.8) is 0 Å². The predicted octanol–water partition coefficient (Wildman–Crippen LogP) is -4.11. The molecule has 0 radical (unpaired) electrons. The maximum Gasteiger partial charge on any atom is 0.326 e. The van der Waals surface area contributed by atoms with Gasteiger partial charge >= 0.3 is 11.9 Å². The molecule has 15 nitrogen and oxygen atoms in total. The number of carboxylic acid groups (broad SMARTS) is 2. The van der Waals surface area contributed by atoms with E-state index in [0.29, 0.717) is 13.0 Å². The molecule has 0 aromatic carbocycles. The van der Waals surface area contributed by atoms with Crippen molar-refractivity contribution in [3.8, 4) is 0 Å². The van der Waals surface area contributed by atoms with Gasteiger partial charge < -0.3 is 42.9 Å². The standard InChI is InChI=1S/C18H28N6O9/c19-12(25)6-10(23-15(29)8-2-1-5-21-8)17(31)22-9(3-4-14(27)28)16(30)24-11(18(32)33)7-13(20)26/h8-11,21H,1-7H2,(H2,19,25)(H2,20,26)(H,22,31)(H,23,29)(H,24,30)(H,27,28)(H,32,33). The van der Waals surface area contributed by atoms with Crippen molar-refractivity contribution in [2.75, 3.05) is 6.54 Å². The number of hydrogen-bond acceptors (Lipinski definition) is 8. The van der Waals surface area contributed by atoms with Crippen LogP contribution in [0.1, 0.15) is 38.5 Å². The van der Waals surface area contributed by atoms with Crippen LogP contribution in [-0.4, -0.2) is 82.4 Å². The highest BCUT2D eigenvalue weighted by Gasteiger charge is 2.32. The Kier molecular flexibility index (Phi) is 10.7. The van der Waals surface area contributed by atoms with Crippen LogP contribution in [0, 0.1) is 0 Å². The van der Waals surface area contributed by atoms with E-state index < -0.39 is 91.3 Å². The monoisotopic (exact) mass is 472 g/mol. The van der Waals surface area contributed by atoms with Crippen molar-refractivity contribution in [2.45, 2.75) is 62.7 Å². The number of carbonyl (C=O) groups excluding carboxylic acids is 5. The molecule has 0 spiro atoms. The minimum absolute atomic E-state index is 0.447. The van der Waals surface area contributed by atoms with Gasteiger partial charge in [-0.05, 0) is 25.8 Å². The smallest absolute Gasteiger partial charge is 0.326 e. The molecule has 1 saturated heterocycles. The van der Waals surface area contributed by atoms with Gasteiger partial charge in [0.2, 0.25) is 29.5 Å². The van der Waals surface area contributed by atoms with Crippen LogP contribution in [0.3, 0.4) is 0 Å². The molecule has 15 heteroatoms. The minimum Gasteiger partial charge on any atom is -0.481 e. The van der Waals surface area contributed by atoms with Crippen molar-refractivity contribution < 1.29 is 43.8 Å². The van der Waals surface area contributed by atoms with E-state index in [1.807, 2.05) is 5.32 Å². The van der Waals surface area contributed by atoms with Gasteiger partial charge in [0.25, 0.3) is 0 Å². The second-order valence-corrected chi connectivity index (χ2v) is 7.44. The second-order valence-electron chi connectivity index (χ2n) is 7.44. The minimum atomic E-state index is -1.71. The number of amides is 5. The Morgan fingerprint density at radius 2 is 1.39 bits per heavy atom. The zero-order chi connectivity index (χ0) is 25.1. The Bertz CT molecular complexity index is 796. The number of rotatable bonds is 14. The third-order valence-corrected chi connectivity index (χ3v) is 4.71. The van der Waals surface area contributed by atoms with E-state index in [0.717, 1.165) is 6.42 Å². The predicted molar refractivity (Wildman–Crippen MR) is 109 cm³/mol. The molecule has 1 fully saturated rings. The summed E-state index contributed by atoms with van der Waals surface area (Å²) < 4.78 is 0. The van der Waals surface area contributed by atoms with E-state index in [4.69, 9.17) is 21.7 Å². The number of carbonyl (C=O) groups is 7. The first-order valence-electron chi connectivity index (χ1n) is 10.1. The second kappa shape index (κ2) is 12.9. The largest absolute Gasteiger partial charge is 0.481 e.